The Kier molecular flexibility index (Phi) is 6.98. The van der Waals surface area contributed by atoms with E-state index in [9.17, 15) is 0 Å². The zero-order chi connectivity index (χ0) is 10.9. The van der Waals surface area contributed by atoms with E-state index < -0.39 is 0 Å². The predicted octanol–water partition coefficient (Wildman–Crippen LogP) is 1.12. The Bertz CT molecular complexity index is 144. The lowest BCUT2D eigenvalue weighted by Crippen LogP contribution is -2.42. The number of hydrogen-bond acceptors (Lipinski definition) is 2. The molecule has 15 heavy (non-hydrogen) atoms. The van der Waals surface area contributed by atoms with Gasteiger partial charge in [0, 0.05) is 25.2 Å². The smallest absolute Gasteiger partial charge is 0.0148 e. The van der Waals surface area contributed by atoms with Gasteiger partial charge >= 0.3 is 0 Å². The Morgan fingerprint density at radius 1 is 1.33 bits per heavy atom. The largest absolute Gasteiger partial charge is 0.317 e. The second-order valence-electron chi connectivity index (χ2n) is 4.51. The van der Waals surface area contributed by atoms with Crippen LogP contribution in [0.25, 0.3) is 0 Å². The van der Waals surface area contributed by atoms with Crippen LogP contribution < -0.4 is 16.0 Å². The number of piperidine rings is 1. The Labute approximate surface area is 94.4 Å². The molecule has 1 aliphatic heterocycles. The quantitative estimate of drug-likeness (QED) is 0.621. The van der Waals surface area contributed by atoms with Crippen LogP contribution in [0.3, 0.4) is 0 Å². The molecule has 2 N–H and O–H groups in total. The first-order valence-electron chi connectivity index (χ1n) is 6.43. The minimum Gasteiger partial charge on any atom is -0.317 e. The molecular weight excluding hydrogens is 186 g/mol. The van der Waals surface area contributed by atoms with E-state index in [0.717, 1.165) is 32.2 Å². The Hall–Kier alpha value is -0.120. The number of nitrogens with zero attached hydrogens (tertiary/aromatic N) is 1. The molecule has 1 saturated heterocycles. The average molecular weight is 212 g/mol. The molecule has 89 valence electrons. The summed E-state index contributed by atoms with van der Waals surface area (Å²) in [5.74, 6) is 0. The van der Waals surface area contributed by atoms with Gasteiger partial charge in [-0.15, -0.1) is 0 Å². The van der Waals surface area contributed by atoms with Crippen molar-refractivity contribution in [1.29, 1.82) is 0 Å². The summed E-state index contributed by atoms with van der Waals surface area (Å²) in [6.45, 7) is 8.82. The topological polar surface area (TPSA) is 38.2 Å². The lowest BCUT2D eigenvalue weighted by atomic mass is 10.0. The lowest BCUT2D eigenvalue weighted by molar-refractivity contribution is 0.341. The van der Waals surface area contributed by atoms with Crippen molar-refractivity contribution in [3.63, 3.8) is 0 Å². The van der Waals surface area contributed by atoms with Crippen molar-refractivity contribution in [1.82, 2.24) is 16.0 Å². The number of hydrogen-bond donors (Lipinski definition) is 2. The maximum atomic E-state index is 4.37. The van der Waals surface area contributed by atoms with Gasteiger partial charge in [0.1, 0.15) is 0 Å². The second kappa shape index (κ2) is 8.08. The van der Waals surface area contributed by atoms with E-state index in [1.165, 1.54) is 25.7 Å². The molecule has 3 heteroatoms. The van der Waals surface area contributed by atoms with Crippen molar-refractivity contribution >= 4 is 0 Å². The first-order chi connectivity index (χ1) is 7.33. The van der Waals surface area contributed by atoms with Gasteiger partial charge in [-0.1, -0.05) is 6.92 Å². The van der Waals surface area contributed by atoms with E-state index >= 15 is 0 Å². The summed E-state index contributed by atoms with van der Waals surface area (Å²) in [4.78, 5) is 0. The van der Waals surface area contributed by atoms with Crippen molar-refractivity contribution < 1.29 is 0 Å². The standard InChI is InChI=1S/C12H26N3/c1-3-13-8-4-5-11(2)15-12-6-9-14-10-7-12/h11-13,15H,3-10H2,1-2H3. The van der Waals surface area contributed by atoms with Crippen LogP contribution in [0.5, 0.6) is 0 Å². The molecule has 1 rings (SSSR count). The van der Waals surface area contributed by atoms with Crippen molar-refractivity contribution in [3.05, 3.63) is 0 Å². The van der Waals surface area contributed by atoms with Gasteiger partial charge in [-0.3, -0.25) is 0 Å². The van der Waals surface area contributed by atoms with Crippen molar-refractivity contribution in [2.75, 3.05) is 26.2 Å². The van der Waals surface area contributed by atoms with Gasteiger partial charge in [0.05, 0.1) is 0 Å². The molecule has 1 aliphatic rings. The Morgan fingerprint density at radius 2 is 2.07 bits per heavy atom. The van der Waals surface area contributed by atoms with Gasteiger partial charge in [-0.05, 0) is 45.7 Å². The highest BCUT2D eigenvalue weighted by molar-refractivity contribution is 4.76. The van der Waals surface area contributed by atoms with E-state index in [2.05, 4.69) is 29.8 Å². The summed E-state index contributed by atoms with van der Waals surface area (Å²) in [6, 6.07) is 1.38. The molecule has 1 atom stereocenters. The summed E-state index contributed by atoms with van der Waals surface area (Å²) in [7, 11) is 0. The van der Waals surface area contributed by atoms with E-state index in [1.807, 2.05) is 0 Å². The average Bonchev–Trinajstić information content (AvgIpc) is 2.26. The molecule has 0 amide bonds. The molecule has 1 fully saturated rings. The number of rotatable bonds is 7. The fourth-order valence-electron chi connectivity index (χ4n) is 2.11. The van der Waals surface area contributed by atoms with E-state index in [0.29, 0.717) is 6.04 Å². The van der Waals surface area contributed by atoms with Gasteiger partial charge in [0.25, 0.3) is 0 Å². The molecule has 0 aromatic rings. The first kappa shape index (κ1) is 12.9. The van der Waals surface area contributed by atoms with Crippen LogP contribution >= 0.6 is 0 Å². The molecule has 0 spiro atoms. The van der Waals surface area contributed by atoms with Gasteiger partial charge < -0.3 is 10.6 Å². The summed E-state index contributed by atoms with van der Waals surface area (Å²) < 4.78 is 0. The lowest BCUT2D eigenvalue weighted by Gasteiger charge is -2.26. The summed E-state index contributed by atoms with van der Waals surface area (Å²) in [5.41, 5.74) is 0. The van der Waals surface area contributed by atoms with Gasteiger partial charge in [0.15, 0.2) is 0 Å². The Balaban J connectivity index is 1.98. The number of nitrogens with one attached hydrogen (secondary N) is 2. The van der Waals surface area contributed by atoms with Crippen LogP contribution in [-0.2, 0) is 0 Å². The molecule has 0 bridgehead atoms. The third-order valence-electron chi connectivity index (χ3n) is 3.03. The molecule has 0 aliphatic carbocycles. The van der Waals surface area contributed by atoms with Crippen LogP contribution in [0.2, 0.25) is 0 Å². The fourth-order valence-corrected chi connectivity index (χ4v) is 2.11. The third kappa shape index (κ3) is 6.13. The monoisotopic (exact) mass is 212 g/mol. The van der Waals surface area contributed by atoms with Crippen LogP contribution in [0, 0.1) is 0 Å². The molecule has 0 aromatic heterocycles. The van der Waals surface area contributed by atoms with Gasteiger partial charge in [-0.2, -0.15) is 0 Å². The normalized spacial score (nSPS) is 20.4. The molecule has 0 aromatic carbocycles. The fraction of sp³-hybridized carbons (Fsp3) is 1.00. The Morgan fingerprint density at radius 3 is 2.73 bits per heavy atom. The maximum Gasteiger partial charge on any atom is 0.0148 e. The summed E-state index contributed by atoms with van der Waals surface area (Å²) in [5, 5.41) is 11.4. The van der Waals surface area contributed by atoms with Crippen molar-refractivity contribution in [2.45, 2.75) is 51.6 Å². The van der Waals surface area contributed by atoms with E-state index in [4.69, 9.17) is 0 Å². The molecule has 0 saturated carbocycles. The molecule has 1 heterocycles. The van der Waals surface area contributed by atoms with Crippen LogP contribution in [0.4, 0.5) is 0 Å². The minimum atomic E-state index is 0.659. The summed E-state index contributed by atoms with van der Waals surface area (Å²) >= 11 is 0. The van der Waals surface area contributed by atoms with Crippen LogP contribution in [0.1, 0.15) is 39.5 Å². The highest BCUT2D eigenvalue weighted by atomic mass is 15.0. The molecular formula is C12H26N3. The van der Waals surface area contributed by atoms with Crippen LogP contribution in [-0.4, -0.2) is 38.3 Å². The zero-order valence-corrected chi connectivity index (χ0v) is 10.3. The van der Waals surface area contributed by atoms with Gasteiger partial charge in [-0.25, -0.2) is 5.32 Å². The predicted molar refractivity (Wildman–Crippen MR) is 65.3 cm³/mol. The zero-order valence-electron chi connectivity index (χ0n) is 10.3. The van der Waals surface area contributed by atoms with E-state index in [-0.39, 0.29) is 0 Å². The molecule has 3 nitrogen and oxygen atoms in total. The maximum absolute atomic E-state index is 4.37. The highest BCUT2D eigenvalue weighted by Crippen LogP contribution is 2.06. The van der Waals surface area contributed by atoms with Crippen molar-refractivity contribution in [2.24, 2.45) is 0 Å². The van der Waals surface area contributed by atoms with Crippen molar-refractivity contribution in [3.8, 4) is 0 Å². The second-order valence-corrected chi connectivity index (χ2v) is 4.51. The highest BCUT2D eigenvalue weighted by Gasteiger charge is 2.15. The van der Waals surface area contributed by atoms with Crippen LogP contribution in [0.15, 0.2) is 0 Å². The first-order valence-corrected chi connectivity index (χ1v) is 6.43. The minimum absolute atomic E-state index is 0.659. The SMILES string of the molecule is CCNCCCC(C)NC1CC[N]CC1. The third-order valence-corrected chi connectivity index (χ3v) is 3.03. The molecule has 1 radical (unpaired) electrons. The summed E-state index contributed by atoms with van der Waals surface area (Å²) in [6.07, 6.45) is 5.02. The van der Waals surface area contributed by atoms with Gasteiger partial charge in [0.2, 0.25) is 0 Å². The van der Waals surface area contributed by atoms with E-state index in [1.54, 1.807) is 0 Å². The molecule has 1 unspecified atom stereocenters.